The summed E-state index contributed by atoms with van der Waals surface area (Å²) >= 11 is 0. The van der Waals surface area contributed by atoms with E-state index in [4.69, 9.17) is 10.3 Å². The molecule has 3 N–H and O–H groups in total. The first-order valence-corrected chi connectivity index (χ1v) is 5.96. The molecule has 3 aromatic rings. The van der Waals surface area contributed by atoms with Gasteiger partial charge in [-0.3, -0.25) is 4.98 Å². The van der Waals surface area contributed by atoms with E-state index in [1.807, 2.05) is 18.2 Å². The van der Waals surface area contributed by atoms with Gasteiger partial charge < -0.3 is 15.6 Å². The molecule has 96 valence electrons. The molecule has 0 bridgehead atoms. The summed E-state index contributed by atoms with van der Waals surface area (Å²) in [7, 11) is 0. The quantitative estimate of drug-likeness (QED) is 0.691. The summed E-state index contributed by atoms with van der Waals surface area (Å²) in [6.07, 6.45) is 5.61. The Morgan fingerprint density at radius 2 is 2.16 bits per heavy atom. The third-order valence-electron chi connectivity index (χ3n) is 2.91. The molecule has 0 fully saturated rings. The second-order valence-electron chi connectivity index (χ2n) is 4.14. The minimum atomic E-state index is 0.619. The first kappa shape index (κ1) is 11.5. The first-order chi connectivity index (χ1) is 9.34. The van der Waals surface area contributed by atoms with Crippen LogP contribution < -0.4 is 11.1 Å². The van der Waals surface area contributed by atoms with Crippen molar-refractivity contribution in [2.75, 3.05) is 17.6 Å². The first-order valence-electron chi connectivity index (χ1n) is 5.96. The number of hydrogen-bond acceptors (Lipinski definition) is 6. The summed E-state index contributed by atoms with van der Waals surface area (Å²) in [4.78, 5) is 8.07. The summed E-state index contributed by atoms with van der Waals surface area (Å²) in [6.45, 7) is 0.712. The Hall–Kier alpha value is -2.63. The molecule has 0 aliphatic rings. The minimum absolute atomic E-state index is 0.619. The normalized spacial score (nSPS) is 10.7. The molecular formula is C13H13N5O. The summed E-state index contributed by atoms with van der Waals surface area (Å²) in [5.74, 6) is 0.619. The fourth-order valence-electron chi connectivity index (χ4n) is 1.98. The largest absolute Gasteiger partial charge is 0.398 e. The number of nitrogen functional groups attached to an aromatic ring is 1. The molecule has 0 unspecified atom stereocenters. The van der Waals surface area contributed by atoms with Crippen LogP contribution in [0.25, 0.3) is 10.8 Å². The van der Waals surface area contributed by atoms with Crippen molar-refractivity contribution in [1.29, 1.82) is 0 Å². The average molecular weight is 255 g/mol. The number of rotatable bonds is 4. The summed E-state index contributed by atoms with van der Waals surface area (Å²) in [5, 5.41) is 8.92. The third kappa shape index (κ3) is 2.33. The molecule has 2 heterocycles. The molecule has 0 spiro atoms. The molecule has 0 amide bonds. The van der Waals surface area contributed by atoms with Crippen molar-refractivity contribution in [3.63, 3.8) is 0 Å². The van der Waals surface area contributed by atoms with Crippen LogP contribution in [0, 0.1) is 0 Å². The van der Waals surface area contributed by atoms with Crippen molar-refractivity contribution in [3.05, 3.63) is 42.8 Å². The minimum Gasteiger partial charge on any atom is -0.398 e. The summed E-state index contributed by atoms with van der Waals surface area (Å²) < 4.78 is 4.95. The van der Waals surface area contributed by atoms with E-state index in [1.165, 1.54) is 6.33 Å². The second kappa shape index (κ2) is 4.93. The highest BCUT2D eigenvalue weighted by molar-refractivity contribution is 6.00. The number of benzene rings is 1. The van der Waals surface area contributed by atoms with Crippen molar-refractivity contribution in [2.45, 2.75) is 6.42 Å². The maximum absolute atomic E-state index is 5.93. The maximum atomic E-state index is 5.93. The van der Waals surface area contributed by atoms with Gasteiger partial charge in [-0.2, -0.15) is 4.98 Å². The summed E-state index contributed by atoms with van der Waals surface area (Å²) in [6, 6.07) is 5.78. The molecule has 6 nitrogen and oxygen atoms in total. The molecule has 0 atom stereocenters. The molecule has 0 saturated carbocycles. The van der Waals surface area contributed by atoms with E-state index in [0.29, 0.717) is 18.9 Å². The monoisotopic (exact) mass is 255 g/mol. The smallest absolute Gasteiger partial charge is 0.228 e. The predicted octanol–water partition coefficient (Wildman–Crippen LogP) is 1.85. The van der Waals surface area contributed by atoms with Crippen molar-refractivity contribution in [3.8, 4) is 0 Å². The molecular weight excluding hydrogens is 242 g/mol. The summed E-state index contributed by atoms with van der Waals surface area (Å²) in [5.41, 5.74) is 7.68. The van der Waals surface area contributed by atoms with Gasteiger partial charge in [0, 0.05) is 47.5 Å². The van der Waals surface area contributed by atoms with Gasteiger partial charge in [-0.1, -0.05) is 5.16 Å². The van der Waals surface area contributed by atoms with Gasteiger partial charge in [0.25, 0.3) is 0 Å². The topological polar surface area (TPSA) is 89.9 Å². The molecule has 0 aliphatic heterocycles. The molecule has 3 rings (SSSR count). The Kier molecular flexibility index (Phi) is 2.97. The van der Waals surface area contributed by atoms with E-state index in [-0.39, 0.29) is 0 Å². The maximum Gasteiger partial charge on any atom is 0.228 e. The lowest BCUT2D eigenvalue weighted by molar-refractivity contribution is 0.380. The molecule has 2 aromatic heterocycles. The average Bonchev–Trinajstić information content (AvgIpc) is 2.95. The van der Waals surface area contributed by atoms with Crippen LogP contribution in [0.3, 0.4) is 0 Å². The lowest BCUT2D eigenvalue weighted by Crippen LogP contribution is -2.05. The van der Waals surface area contributed by atoms with Gasteiger partial charge >= 0.3 is 0 Å². The van der Waals surface area contributed by atoms with Crippen molar-refractivity contribution in [1.82, 2.24) is 15.1 Å². The van der Waals surface area contributed by atoms with Crippen LogP contribution in [0.2, 0.25) is 0 Å². The fraction of sp³-hybridized carbons (Fsp3) is 0.154. The van der Waals surface area contributed by atoms with E-state index in [1.54, 1.807) is 12.4 Å². The standard InChI is InChI=1S/C13H13N5O/c14-11-1-2-12(9-3-5-15-7-10(9)11)16-6-4-13-17-8-18-19-13/h1-3,5,7-8,16H,4,6,14H2. The number of nitrogens with two attached hydrogens (primary N) is 1. The van der Waals surface area contributed by atoms with Crippen molar-refractivity contribution >= 4 is 22.1 Å². The van der Waals surface area contributed by atoms with Crippen molar-refractivity contribution in [2.24, 2.45) is 0 Å². The Balaban J connectivity index is 1.79. The highest BCUT2D eigenvalue weighted by Gasteiger charge is 2.04. The Morgan fingerprint density at radius 3 is 3.00 bits per heavy atom. The lowest BCUT2D eigenvalue weighted by Gasteiger charge is -2.10. The van der Waals surface area contributed by atoms with Crippen LogP contribution in [-0.2, 0) is 6.42 Å². The fourth-order valence-corrected chi connectivity index (χ4v) is 1.98. The number of aromatic nitrogens is 3. The zero-order valence-corrected chi connectivity index (χ0v) is 10.2. The number of anilines is 2. The van der Waals surface area contributed by atoms with Crippen LogP contribution in [-0.4, -0.2) is 21.7 Å². The molecule has 6 heteroatoms. The molecule has 19 heavy (non-hydrogen) atoms. The van der Waals surface area contributed by atoms with Gasteiger partial charge in [-0.15, -0.1) is 0 Å². The lowest BCUT2D eigenvalue weighted by atomic mass is 10.1. The van der Waals surface area contributed by atoms with Gasteiger partial charge in [-0.05, 0) is 18.2 Å². The Labute approximate surface area is 109 Å². The number of pyridine rings is 1. The Morgan fingerprint density at radius 1 is 1.21 bits per heavy atom. The number of hydrogen-bond donors (Lipinski definition) is 2. The van der Waals surface area contributed by atoms with E-state index in [9.17, 15) is 0 Å². The van der Waals surface area contributed by atoms with Crippen LogP contribution >= 0.6 is 0 Å². The molecule has 0 aliphatic carbocycles. The molecule has 1 aromatic carbocycles. The van der Waals surface area contributed by atoms with Gasteiger partial charge in [0.05, 0.1) is 0 Å². The number of fused-ring (bicyclic) bond motifs is 1. The van der Waals surface area contributed by atoms with Crippen LogP contribution in [0.4, 0.5) is 11.4 Å². The van der Waals surface area contributed by atoms with Gasteiger partial charge in [0.2, 0.25) is 5.89 Å². The van der Waals surface area contributed by atoms with E-state index in [0.717, 1.165) is 22.1 Å². The van der Waals surface area contributed by atoms with Gasteiger partial charge in [0.15, 0.2) is 6.33 Å². The van der Waals surface area contributed by atoms with Gasteiger partial charge in [-0.25, -0.2) is 0 Å². The zero-order valence-electron chi connectivity index (χ0n) is 10.2. The predicted molar refractivity (Wildman–Crippen MR) is 72.6 cm³/mol. The van der Waals surface area contributed by atoms with Crippen LogP contribution in [0.5, 0.6) is 0 Å². The van der Waals surface area contributed by atoms with Gasteiger partial charge in [0.1, 0.15) is 0 Å². The van der Waals surface area contributed by atoms with Crippen LogP contribution in [0.15, 0.2) is 41.4 Å². The third-order valence-corrected chi connectivity index (χ3v) is 2.91. The highest BCUT2D eigenvalue weighted by Crippen LogP contribution is 2.27. The zero-order chi connectivity index (χ0) is 13.1. The van der Waals surface area contributed by atoms with E-state index in [2.05, 4.69) is 20.4 Å². The Bertz CT molecular complexity index is 681. The molecule has 0 saturated heterocycles. The van der Waals surface area contributed by atoms with E-state index >= 15 is 0 Å². The van der Waals surface area contributed by atoms with E-state index < -0.39 is 0 Å². The molecule has 0 radical (unpaired) electrons. The van der Waals surface area contributed by atoms with Crippen molar-refractivity contribution < 1.29 is 4.52 Å². The number of nitrogens with zero attached hydrogens (tertiary/aromatic N) is 3. The van der Waals surface area contributed by atoms with Crippen LogP contribution in [0.1, 0.15) is 5.89 Å². The second-order valence-corrected chi connectivity index (χ2v) is 4.14. The highest BCUT2D eigenvalue weighted by atomic mass is 16.5. The SMILES string of the molecule is Nc1ccc(NCCc2ncno2)c2ccncc12. The number of nitrogens with one attached hydrogen (secondary N) is 1.